The normalized spacial score (nSPS) is 24.6. The topological polar surface area (TPSA) is 12.0 Å². The molecule has 2 heteroatoms. The maximum absolute atomic E-state index is 3.78. The van der Waals surface area contributed by atoms with Crippen molar-refractivity contribution in [3.63, 3.8) is 0 Å². The van der Waals surface area contributed by atoms with Gasteiger partial charge in [-0.2, -0.15) is 11.8 Å². The molecule has 2 aliphatic rings. The van der Waals surface area contributed by atoms with Crippen LogP contribution in [0.4, 0.5) is 0 Å². The number of hydrogen-bond acceptors (Lipinski definition) is 2. The average Bonchev–Trinajstić information content (AvgIpc) is 3.11. The lowest BCUT2D eigenvalue weighted by Crippen LogP contribution is -2.33. The fourth-order valence-electron chi connectivity index (χ4n) is 2.75. The molecule has 1 atom stereocenters. The van der Waals surface area contributed by atoms with Crippen LogP contribution in [-0.2, 0) is 0 Å². The molecule has 16 heavy (non-hydrogen) atoms. The van der Waals surface area contributed by atoms with Gasteiger partial charge in [0.05, 0.1) is 0 Å². The second-order valence-corrected chi connectivity index (χ2v) is 6.85. The first-order chi connectivity index (χ1) is 7.88. The van der Waals surface area contributed by atoms with Gasteiger partial charge in [-0.3, -0.25) is 0 Å². The quantitative estimate of drug-likeness (QED) is 0.729. The largest absolute Gasteiger partial charge is 0.314 e. The van der Waals surface area contributed by atoms with E-state index in [9.17, 15) is 0 Å². The highest BCUT2D eigenvalue weighted by molar-refractivity contribution is 7.99. The third kappa shape index (κ3) is 4.67. The summed E-state index contributed by atoms with van der Waals surface area (Å²) < 4.78 is 0. The summed E-state index contributed by atoms with van der Waals surface area (Å²) in [5, 5.41) is 3.78. The van der Waals surface area contributed by atoms with Crippen LogP contribution < -0.4 is 5.32 Å². The zero-order chi connectivity index (χ0) is 11.2. The molecule has 0 aromatic carbocycles. The molecule has 0 amide bonds. The van der Waals surface area contributed by atoms with Crippen LogP contribution in [0.25, 0.3) is 0 Å². The van der Waals surface area contributed by atoms with Crippen molar-refractivity contribution >= 4 is 11.8 Å². The molecule has 0 spiro atoms. The van der Waals surface area contributed by atoms with E-state index in [4.69, 9.17) is 0 Å². The Morgan fingerprint density at radius 2 is 1.69 bits per heavy atom. The highest BCUT2D eigenvalue weighted by Crippen LogP contribution is 2.36. The third-order valence-electron chi connectivity index (χ3n) is 3.96. The molecule has 0 radical (unpaired) electrons. The lowest BCUT2D eigenvalue weighted by molar-refractivity contribution is 0.341. The highest BCUT2D eigenvalue weighted by Gasteiger charge is 2.27. The smallest absolute Gasteiger partial charge is 0.00723 e. The molecule has 1 saturated carbocycles. The lowest BCUT2D eigenvalue weighted by atomic mass is 9.92. The van der Waals surface area contributed by atoms with E-state index in [0.29, 0.717) is 0 Å². The van der Waals surface area contributed by atoms with E-state index in [1.165, 1.54) is 63.0 Å². The molecule has 0 bridgehead atoms. The number of hydrogen-bond donors (Lipinski definition) is 1. The van der Waals surface area contributed by atoms with Crippen LogP contribution in [0.5, 0.6) is 0 Å². The standard InChI is InChI=1S/C14H27NS/c1-2-7-15-14(10-12-3-4-12)11-13-5-8-16-9-6-13/h12-15H,2-11H2,1H3. The molecule has 2 fully saturated rings. The van der Waals surface area contributed by atoms with Gasteiger partial charge in [0.2, 0.25) is 0 Å². The van der Waals surface area contributed by atoms with Crippen molar-refractivity contribution in [2.45, 2.75) is 57.9 Å². The van der Waals surface area contributed by atoms with E-state index in [0.717, 1.165) is 17.9 Å². The lowest BCUT2D eigenvalue weighted by Gasteiger charge is -2.27. The van der Waals surface area contributed by atoms with Crippen molar-refractivity contribution in [3.8, 4) is 0 Å². The van der Waals surface area contributed by atoms with Gasteiger partial charge in [0, 0.05) is 6.04 Å². The Labute approximate surface area is 105 Å². The van der Waals surface area contributed by atoms with E-state index >= 15 is 0 Å². The number of thioether (sulfide) groups is 1. The summed E-state index contributed by atoms with van der Waals surface area (Å²) >= 11 is 2.15. The van der Waals surface area contributed by atoms with E-state index in [2.05, 4.69) is 24.0 Å². The van der Waals surface area contributed by atoms with Gasteiger partial charge in [0.1, 0.15) is 0 Å². The molecular formula is C14H27NS. The molecular weight excluding hydrogens is 214 g/mol. The molecule has 94 valence electrons. The fraction of sp³-hybridized carbons (Fsp3) is 1.00. The van der Waals surface area contributed by atoms with Crippen molar-refractivity contribution in [1.82, 2.24) is 5.32 Å². The van der Waals surface area contributed by atoms with Crippen LogP contribution in [0.1, 0.15) is 51.9 Å². The van der Waals surface area contributed by atoms with Crippen LogP contribution >= 0.6 is 11.8 Å². The molecule has 1 saturated heterocycles. The Hall–Kier alpha value is 0.310. The summed E-state index contributed by atoms with van der Waals surface area (Å²) in [4.78, 5) is 0. The van der Waals surface area contributed by atoms with Gasteiger partial charge in [0.25, 0.3) is 0 Å². The summed E-state index contributed by atoms with van der Waals surface area (Å²) in [6, 6.07) is 0.834. The zero-order valence-electron chi connectivity index (χ0n) is 10.7. The predicted molar refractivity (Wildman–Crippen MR) is 74.1 cm³/mol. The third-order valence-corrected chi connectivity index (χ3v) is 5.01. The van der Waals surface area contributed by atoms with Crippen LogP contribution in [0.3, 0.4) is 0 Å². The van der Waals surface area contributed by atoms with E-state index in [1.807, 2.05) is 0 Å². The maximum Gasteiger partial charge on any atom is 0.00723 e. The predicted octanol–water partition coefficient (Wildman–Crippen LogP) is 3.69. The maximum atomic E-state index is 3.78. The summed E-state index contributed by atoms with van der Waals surface area (Å²) in [6.07, 6.45) is 10.2. The van der Waals surface area contributed by atoms with E-state index in [-0.39, 0.29) is 0 Å². The number of rotatable bonds is 7. The Bertz CT molecular complexity index is 185. The molecule has 1 N–H and O–H groups in total. The summed E-state index contributed by atoms with van der Waals surface area (Å²) in [5.41, 5.74) is 0. The summed E-state index contributed by atoms with van der Waals surface area (Å²) in [7, 11) is 0. The Morgan fingerprint density at radius 3 is 2.25 bits per heavy atom. The van der Waals surface area contributed by atoms with Crippen molar-refractivity contribution in [1.29, 1.82) is 0 Å². The van der Waals surface area contributed by atoms with Crippen molar-refractivity contribution in [2.24, 2.45) is 11.8 Å². The minimum absolute atomic E-state index is 0.834. The molecule has 2 rings (SSSR count). The summed E-state index contributed by atoms with van der Waals surface area (Å²) in [5.74, 6) is 4.92. The average molecular weight is 241 g/mol. The fourth-order valence-corrected chi connectivity index (χ4v) is 3.96. The molecule has 0 aromatic heterocycles. The Kier molecular flexibility index (Phi) is 5.51. The van der Waals surface area contributed by atoms with Crippen LogP contribution in [0, 0.1) is 11.8 Å². The van der Waals surface area contributed by atoms with Crippen molar-refractivity contribution < 1.29 is 0 Å². The molecule has 1 unspecified atom stereocenters. The molecule has 1 nitrogen and oxygen atoms in total. The first kappa shape index (κ1) is 12.8. The molecule has 0 aromatic rings. The van der Waals surface area contributed by atoms with Gasteiger partial charge in [-0.05, 0) is 62.0 Å². The van der Waals surface area contributed by atoms with Crippen LogP contribution in [0.2, 0.25) is 0 Å². The van der Waals surface area contributed by atoms with Crippen LogP contribution in [-0.4, -0.2) is 24.1 Å². The Balaban J connectivity index is 1.70. The van der Waals surface area contributed by atoms with Gasteiger partial charge in [-0.1, -0.05) is 19.8 Å². The van der Waals surface area contributed by atoms with Gasteiger partial charge in [0.15, 0.2) is 0 Å². The van der Waals surface area contributed by atoms with Crippen LogP contribution in [0.15, 0.2) is 0 Å². The summed E-state index contributed by atoms with van der Waals surface area (Å²) in [6.45, 7) is 3.50. The second-order valence-electron chi connectivity index (χ2n) is 5.62. The second kappa shape index (κ2) is 6.90. The van der Waals surface area contributed by atoms with Gasteiger partial charge < -0.3 is 5.32 Å². The highest BCUT2D eigenvalue weighted by atomic mass is 32.2. The van der Waals surface area contributed by atoms with Gasteiger partial charge in [-0.15, -0.1) is 0 Å². The first-order valence-electron chi connectivity index (χ1n) is 7.19. The minimum atomic E-state index is 0.834. The zero-order valence-corrected chi connectivity index (χ0v) is 11.5. The van der Waals surface area contributed by atoms with Gasteiger partial charge in [-0.25, -0.2) is 0 Å². The Morgan fingerprint density at radius 1 is 1.06 bits per heavy atom. The van der Waals surface area contributed by atoms with Crippen molar-refractivity contribution in [3.05, 3.63) is 0 Å². The minimum Gasteiger partial charge on any atom is -0.314 e. The number of nitrogens with one attached hydrogen (secondary N) is 1. The van der Waals surface area contributed by atoms with E-state index in [1.54, 1.807) is 0 Å². The van der Waals surface area contributed by atoms with Crippen molar-refractivity contribution in [2.75, 3.05) is 18.1 Å². The SMILES string of the molecule is CCCNC(CC1CCSCC1)CC1CC1. The molecule has 1 aliphatic carbocycles. The van der Waals surface area contributed by atoms with E-state index < -0.39 is 0 Å². The first-order valence-corrected chi connectivity index (χ1v) is 8.35. The molecule has 1 aliphatic heterocycles. The monoisotopic (exact) mass is 241 g/mol. The van der Waals surface area contributed by atoms with Gasteiger partial charge >= 0.3 is 0 Å². The molecule has 1 heterocycles.